The molecule has 1 atom stereocenters. The maximum absolute atomic E-state index is 14.0. The van der Waals surface area contributed by atoms with Crippen LogP contribution in [-0.4, -0.2) is 35.1 Å². The van der Waals surface area contributed by atoms with Gasteiger partial charge in [0.2, 0.25) is 11.8 Å². The first kappa shape index (κ1) is 25.7. The lowest BCUT2D eigenvalue weighted by molar-refractivity contribution is -0.138. The molecule has 0 unspecified atom stereocenters. The van der Waals surface area contributed by atoms with E-state index >= 15 is 0 Å². The highest BCUT2D eigenvalue weighted by Gasteiger charge is 2.26. The van der Waals surface area contributed by atoms with Crippen LogP contribution in [0.2, 0.25) is 5.02 Å². The summed E-state index contributed by atoms with van der Waals surface area (Å²) in [5.74, 6) is -0.0670. The molecule has 4 nitrogen and oxygen atoms in total. The number of benzene rings is 2. The normalized spacial score (nSPS) is 12.0. The maximum Gasteiger partial charge on any atom is 0.242 e. The number of thioether (sulfide) groups is 1. The molecule has 0 aliphatic rings. The van der Waals surface area contributed by atoms with Crippen LogP contribution in [0.1, 0.15) is 31.9 Å². The fraction of sp³-hybridized carbons (Fsp3) is 0.391. The number of carbonyl (C=O) groups excluding carboxylic acids is 2. The summed E-state index contributed by atoms with van der Waals surface area (Å²) in [6.45, 7) is 6.61. The molecule has 168 valence electrons. The molecule has 0 saturated carbocycles. The number of amides is 2. The number of hydrogen-bond donors (Lipinski definition) is 1. The second-order valence-corrected chi connectivity index (χ2v) is 9.96. The van der Waals surface area contributed by atoms with Gasteiger partial charge in [0.05, 0.1) is 5.75 Å². The van der Waals surface area contributed by atoms with E-state index in [0.717, 1.165) is 10.0 Å². The summed E-state index contributed by atoms with van der Waals surface area (Å²) in [6, 6.07) is 11.5. The van der Waals surface area contributed by atoms with Gasteiger partial charge in [-0.25, -0.2) is 4.39 Å². The van der Waals surface area contributed by atoms with Crippen LogP contribution >= 0.6 is 39.3 Å². The zero-order valence-electron chi connectivity index (χ0n) is 17.8. The summed E-state index contributed by atoms with van der Waals surface area (Å²) < 4.78 is 14.9. The first-order valence-electron chi connectivity index (χ1n) is 10.0. The van der Waals surface area contributed by atoms with Crippen molar-refractivity contribution in [3.05, 3.63) is 68.9 Å². The molecule has 31 heavy (non-hydrogen) atoms. The Kier molecular flexibility index (Phi) is 10.3. The van der Waals surface area contributed by atoms with Crippen LogP contribution in [0.15, 0.2) is 46.9 Å². The molecule has 0 bridgehead atoms. The minimum absolute atomic E-state index is 0.114. The van der Waals surface area contributed by atoms with Gasteiger partial charge in [-0.15, -0.1) is 11.8 Å². The van der Waals surface area contributed by atoms with E-state index in [0.29, 0.717) is 29.6 Å². The third-order valence-corrected chi connectivity index (χ3v) is 6.48. The Morgan fingerprint density at radius 2 is 1.84 bits per heavy atom. The summed E-state index contributed by atoms with van der Waals surface area (Å²) >= 11 is 10.8. The van der Waals surface area contributed by atoms with E-state index in [4.69, 9.17) is 11.6 Å². The van der Waals surface area contributed by atoms with Gasteiger partial charge >= 0.3 is 0 Å². The molecule has 0 saturated heterocycles. The topological polar surface area (TPSA) is 49.4 Å². The SMILES string of the molecule is CC(C)CNC(=O)[C@H](C)N(Cc1ccc(Br)cc1)C(=O)CSCc1c(F)cccc1Cl. The van der Waals surface area contributed by atoms with Crippen LogP contribution in [0, 0.1) is 11.7 Å². The molecular formula is C23H27BrClFN2O2S. The van der Waals surface area contributed by atoms with E-state index in [-0.39, 0.29) is 29.1 Å². The van der Waals surface area contributed by atoms with Crippen molar-refractivity contribution in [1.82, 2.24) is 10.2 Å². The number of hydrogen-bond acceptors (Lipinski definition) is 3. The molecule has 0 fully saturated rings. The molecule has 1 N–H and O–H groups in total. The second-order valence-electron chi connectivity index (χ2n) is 7.66. The summed E-state index contributed by atoms with van der Waals surface area (Å²) in [4.78, 5) is 27.2. The Bertz CT molecular complexity index is 875. The van der Waals surface area contributed by atoms with E-state index in [1.54, 1.807) is 24.0 Å². The minimum atomic E-state index is -0.632. The van der Waals surface area contributed by atoms with E-state index in [1.165, 1.54) is 17.8 Å². The molecule has 0 radical (unpaired) electrons. The monoisotopic (exact) mass is 528 g/mol. The van der Waals surface area contributed by atoms with Gasteiger partial charge in [0, 0.05) is 33.9 Å². The Balaban J connectivity index is 2.09. The van der Waals surface area contributed by atoms with Gasteiger partial charge in [-0.1, -0.05) is 59.6 Å². The van der Waals surface area contributed by atoms with E-state index in [2.05, 4.69) is 21.2 Å². The minimum Gasteiger partial charge on any atom is -0.354 e. The number of rotatable bonds is 10. The molecular weight excluding hydrogens is 503 g/mol. The highest BCUT2D eigenvalue weighted by atomic mass is 79.9. The number of nitrogens with zero attached hydrogens (tertiary/aromatic N) is 1. The van der Waals surface area contributed by atoms with E-state index < -0.39 is 6.04 Å². The van der Waals surface area contributed by atoms with Crippen LogP contribution in [0.3, 0.4) is 0 Å². The summed E-state index contributed by atoms with van der Waals surface area (Å²) in [7, 11) is 0. The lowest BCUT2D eigenvalue weighted by Gasteiger charge is -2.29. The van der Waals surface area contributed by atoms with Gasteiger partial charge in [-0.2, -0.15) is 0 Å². The van der Waals surface area contributed by atoms with E-state index in [9.17, 15) is 14.0 Å². The first-order valence-corrected chi connectivity index (χ1v) is 12.3. The van der Waals surface area contributed by atoms with Crippen molar-refractivity contribution in [2.24, 2.45) is 5.92 Å². The van der Waals surface area contributed by atoms with Crippen LogP contribution in [0.25, 0.3) is 0 Å². The van der Waals surface area contributed by atoms with Crippen molar-refractivity contribution in [3.8, 4) is 0 Å². The van der Waals surface area contributed by atoms with Gasteiger partial charge in [0.25, 0.3) is 0 Å². The third kappa shape index (κ3) is 8.13. The fourth-order valence-corrected chi connectivity index (χ4v) is 4.33. The molecule has 0 aliphatic carbocycles. The molecule has 0 heterocycles. The Labute approximate surface area is 201 Å². The first-order chi connectivity index (χ1) is 14.7. The Morgan fingerprint density at radius 3 is 2.45 bits per heavy atom. The molecule has 0 spiro atoms. The predicted molar refractivity (Wildman–Crippen MR) is 130 cm³/mol. The number of nitrogens with one attached hydrogen (secondary N) is 1. The molecule has 2 aromatic rings. The zero-order valence-corrected chi connectivity index (χ0v) is 21.0. The van der Waals surface area contributed by atoms with Crippen molar-refractivity contribution in [3.63, 3.8) is 0 Å². The van der Waals surface area contributed by atoms with Gasteiger partial charge in [-0.3, -0.25) is 9.59 Å². The van der Waals surface area contributed by atoms with Gasteiger partial charge < -0.3 is 10.2 Å². The van der Waals surface area contributed by atoms with Crippen molar-refractivity contribution in [1.29, 1.82) is 0 Å². The smallest absolute Gasteiger partial charge is 0.242 e. The quantitative estimate of drug-likeness (QED) is 0.432. The zero-order chi connectivity index (χ0) is 23.0. The standard InChI is InChI=1S/C23H27BrClFN2O2S/c1-15(2)11-27-23(30)16(3)28(12-17-7-9-18(24)10-8-17)22(29)14-31-13-19-20(25)5-4-6-21(19)26/h4-10,15-16H,11-14H2,1-3H3,(H,27,30)/t16-/m0/s1. The fourth-order valence-electron chi connectivity index (χ4n) is 2.82. The van der Waals surface area contributed by atoms with Crippen molar-refractivity contribution in [2.45, 2.75) is 39.1 Å². The average molecular weight is 530 g/mol. The Hall–Kier alpha value is -1.57. The molecule has 0 aliphatic heterocycles. The number of halogens is 3. The van der Waals surface area contributed by atoms with Crippen molar-refractivity contribution >= 4 is 51.1 Å². The Morgan fingerprint density at radius 1 is 1.16 bits per heavy atom. The van der Waals surface area contributed by atoms with Gasteiger partial charge in [-0.05, 0) is 42.7 Å². The molecule has 2 rings (SSSR count). The summed E-state index contributed by atoms with van der Waals surface area (Å²) in [5, 5.41) is 3.24. The lowest BCUT2D eigenvalue weighted by Crippen LogP contribution is -2.48. The molecule has 2 aromatic carbocycles. The molecule has 8 heteroatoms. The largest absolute Gasteiger partial charge is 0.354 e. The summed E-state index contributed by atoms with van der Waals surface area (Å²) in [5.41, 5.74) is 1.30. The third-order valence-electron chi connectivity index (χ3n) is 4.65. The van der Waals surface area contributed by atoms with Crippen LogP contribution in [0.4, 0.5) is 4.39 Å². The predicted octanol–water partition coefficient (Wildman–Crippen LogP) is 5.66. The second kappa shape index (κ2) is 12.5. The number of carbonyl (C=O) groups is 2. The molecule has 2 amide bonds. The maximum atomic E-state index is 14.0. The van der Waals surface area contributed by atoms with Gasteiger partial charge in [0.15, 0.2) is 0 Å². The van der Waals surface area contributed by atoms with Gasteiger partial charge in [0.1, 0.15) is 11.9 Å². The van der Waals surface area contributed by atoms with Crippen LogP contribution in [-0.2, 0) is 21.9 Å². The molecule has 0 aromatic heterocycles. The van der Waals surface area contributed by atoms with Crippen LogP contribution < -0.4 is 5.32 Å². The van der Waals surface area contributed by atoms with Crippen molar-refractivity contribution < 1.29 is 14.0 Å². The van der Waals surface area contributed by atoms with E-state index in [1.807, 2.05) is 38.1 Å². The highest BCUT2D eigenvalue weighted by molar-refractivity contribution is 9.10. The highest BCUT2D eigenvalue weighted by Crippen LogP contribution is 2.24. The lowest BCUT2D eigenvalue weighted by atomic mass is 10.1. The van der Waals surface area contributed by atoms with Crippen molar-refractivity contribution in [2.75, 3.05) is 12.3 Å². The van der Waals surface area contributed by atoms with Crippen LogP contribution in [0.5, 0.6) is 0 Å². The average Bonchev–Trinajstić information content (AvgIpc) is 2.73. The summed E-state index contributed by atoms with van der Waals surface area (Å²) in [6.07, 6.45) is 0.